The van der Waals surface area contributed by atoms with Gasteiger partial charge in [0.2, 0.25) is 5.95 Å². The minimum absolute atomic E-state index is 0.284. The van der Waals surface area contributed by atoms with Gasteiger partial charge in [-0.1, -0.05) is 12.8 Å². The zero-order chi connectivity index (χ0) is 14.5. The second kappa shape index (κ2) is 7.18. The van der Waals surface area contributed by atoms with Crippen molar-refractivity contribution in [1.29, 1.82) is 0 Å². The van der Waals surface area contributed by atoms with Crippen LogP contribution in [0.4, 0.5) is 5.95 Å². The van der Waals surface area contributed by atoms with Crippen molar-refractivity contribution < 1.29 is 5.11 Å². The van der Waals surface area contributed by atoms with Gasteiger partial charge in [-0.25, -0.2) is 9.97 Å². The lowest BCUT2D eigenvalue weighted by atomic mass is 10.0. The molecule has 21 heavy (non-hydrogen) atoms. The first-order chi connectivity index (χ1) is 10.4. The van der Waals surface area contributed by atoms with E-state index in [9.17, 15) is 0 Å². The molecule has 5 nitrogen and oxygen atoms in total. The Morgan fingerprint density at radius 1 is 1.14 bits per heavy atom. The van der Waals surface area contributed by atoms with Crippen LogP contribution in [0, 0.1) is 0 Å². The lowest BCUT2D eigenvalue weighted by Gasteiger charge is -2.34. The zero-order valence-electron chi connectivity index (χ0n) is 12.7. The molecule has 0 aromatic carbocycles. The van der Waals surface area contributed by atoms with Crippen molar-refractivity contribution in [1.82, 2.24) is 14.9 Å². The predicted octanol–water partition coefficient (Wildman–Crippen LogP) is 1.64. The van der Waals surface area contributed by atoms with E-state index < -0.39 is 0 Å². The summed E-state index contributed by atoms with van der Waals surface area (Å²) >= 11 is 0. The van der Waals surface area contributed by atoms with Crippen LogP contribution in [-0.4, -0.2) is 59.3 Å². The van der Waals surface area contributed by atoms with Gasteiger partial charge in [-0.3, -0.25) is 4.90 Å². The van der Waals surface area contributed by atoms with Gasteiger partial charge in [-0.15, -0.1) is 0 Å². The monoisotopic (exact) mass is 290 g/mol. The summed E-state index contributed by atoms with van der Waals surface area (Å²) in [5, 5.41) is 8.90. The lowest BCUT2D eigenvalue weighted by Crippen LogP contribution is -2.47. The zero-order valence-corrected chi connectivity index (χ0v) is 12.7. The highest BCUT2D eigenvalue weighted by atomic mass is 16.3. The van der Waals surface area contributed by atoms with Crippen molar-refractivity contribution in [2.24, 2.45) is 0 Å². The number of aliphatic hydroxyl groups is 1. The first-order valence-electron chi connectivity index (χ1n) is 8.28. The van der Waals surface area contributed by atoms with Crippen LogP contribution in [-0.2, 0) is 0 Å². The van der Waals surface area contributed by atoms with Gasteiger partial charge in [0, 0.05) is 57.1 Å². The quantitative estimate of drug-likeness (QED) is 0.893. The summed E-state index contributed by atoms with van der Waals surface area (Å²) in [5.41, 5.74) is 1.24. The lowest BCUT2D eigenvalue weighted by molar-refractivity contribution is 0.215. The molecule has 0 radical (unpaired) electrons. The molecule has 116 valence electrons. The summed E-state index contributed by atoms with van der Waals surface area (Å²) in [6.07, 6.45) is 8.04. The second-order valence-electron chi connectivity index (χ2n) is 6.17. The standard InChI is InChI=1S/C16H26N4O/c21-13-3-8-19-9-11-20(12-10-19)16-17-7-6-15(18-16)14-4-1-2-5-14/h6-7,14,21H,1-5,8-13H2. The summed E-state index contributed by atoms with van der Waals surface area (Å²) in [5.74, 6) is 1.55. The molecule has 1 aliphatic heterocycles. The summed E-state index contributed by atoms with van der Waals surface area (Å²) in [7, 11) is 0. The summed E-state index contributed by atoms with van der Waals surface area (Å²) in [4.78, 5) is 14.0. The van der Waals surface area contributed by atoms with Crippen molar-refractivity contribution in [2.75, 3.05) is 44.2 Å². The van der Waals surface area contributed by atoms with Gasteiger partial charge in [0.05, 0.1) is 0 Å². The third-order valence-electron chi connectivity index (χ3n) is 4.73. The molecule has 1 aromatic rings. The number of nitrogens with zero attached hydrogens (tertiary/aromatic N) is 4. The summed E-state index contributed by atoms with van der Waals surface area (Å²) in [6, 6.07) is 2.09. The number of piperazine rings is 1. The fraction of sp³-hybridized carbons (Fsp3) is 0.750. The summed E-state index contributed by atoms with van der Waals surface area (Å²) < 4.78 is 0. The molecule has 1 aromatic heterocycles. The number of hydrogen-bond donors (Lipinski definition) is 1. The third-order valence-corrected chi connectivity index (χ3v) is 4.73. The molecule has 2 fully saturated rings. The number of rotatable bonds is 5. The minimum Gasteiger partial charge on any atom is -0.396 e. The van der Waals surface area contributed by atoms with Crippen LogP contribution in [0.1, 0.15) is 43.7 Å². The fourth-order valence-corrected chi connectivity index (χ4v) is 3.43. The molecular weight excluding hydrogens is 264 g/mol. The average molecular weight is 290 g/mol. The van der Waals surface area contributed by atoms with Crippen LogP contribution in [0.3, 0.4) is 0 Å². The smallest absolute Gasteiger partial charge is 0.225 e. The Hall–Kier alpha value is -1.20. The van der Waals surface area contributed by atoms with Crippen LogP contribution in [0.15, 0.2) is 12.3 Å². The predicted molar refractivity (Wildman–Crippen MR) is 83.6 cm³/mol. The molecule has 1 aliphatic carbocycles. The van der Waals surface area contributed by atoms with Crippen LogP contribution in [0.2, 0.25) is 0 Å². The fourth-order valence-electron chi connectivity index (χ4n) is 3.43. The SMILES string of the molecule is OCCCN1CCN(c2nccc(C3CCCC3)n2)CC1. The van der Waals surface area contributed by atoms with E-state index in [0.717, 1.165) is 45.1 Å². The Balaban J connectivity index is 1.58. The Bertz CT molecular complexity index is 440. The highest BCUT2D eigenvalue weighted by Gasteiger charge is 2.22. The maximum Gasteiger partial charge on any atom is 0.225 e. The maximum atomic E-state index is 8.90. The first kappa shape index (κ1) is 14.7. The van der Waals surface area contributed by atoms with E-state index in [4.69, 9.17) is 10.1 Å². The maximum absolute atomic E-state index is 8.90. The van der Waals surface area contributed by atoms with E-state index in [1.165, 1.54) is 31.4 Å². The second-order valence-corrected chi connectivity index (χ2v) is 6.17. The molecule has 1 saturated heterocycles. The molecule has 1 N–H and O–H groups in total. The first-order valence-corrected chi connectivity index (χ1v) is 8.28. The van der Waals surface area contributed by atoms with Crippen molar-refractivity contribution >= 4 is 5.95 Å². The number of aromatic nitrogens is 2. The van der Waals surface area contributed by atoms with Crippen LogP contribution in [0.5, 0.6) is 0 Å². The molecule has 0 atom stereocenters. The molecular formula is C16H26N4O. The van der Waals surface area contributed by atoms with Crippen molar-refractivity contribution in [3.8, 4) is 0 Å². The van der Waals surface area contributed by atoms with Crippen molar-refractivity contribution in [3.63, 3.8) is 0 Å². The molecule has 0 unspecified atom stereocenters. The van der Waals surface area contributed by atoms with E-state index in [0.29, 0.717) is 5.92 Å². The van der Waals surface area contributed by atoms with E-state index in [2.05, 4.69) is 20.9 Å². The third kappa shape index (κ3) is 3.71. The van der Waals surface area contributed by atoms with Gasteiger partial charge in [0.25, 0.3) is 0 Å². The van der Waals surface area contributed by atoms with E-state index in [-0.39, 0.29) is 6.61 Å². The van der Waals surface area contributed by atoms with Gasteiger partial charge >= 0.3 is 0 Å². The number of aliphatic hydroxyl groups excluding tert-OH is 1. The largest absolute Gasteiger partial charge is 0.396 e. The van der Waals surface area contributed by atoms with Crippen molar-refractivity contribution in [3.05, 3.63) is 18.0 Å². The molecule has 0 bridgehead atoms. The minimum atomic E-state index is 0.284. The number of anilines is 1. The number of hydrogen-bond acceptors (Lipinski definition) is 5. The van der Waals surface area contributed by atoms with E-state index in [1.807, 2.05) is 6.20 Å². The summed E-state index contributed by atoms with van der Waals surface area (Å²) in [6.45, 7) is 5.33. The van der Waals surface area contributed by atoms with Gasteiger partial charge in [0.1, 0.15) is 0 Å². The topological polar surface area (TPSA) is 52.5 Å². The van der Waals surface area contributed by atoms with Gasteiger partial charge < -0.3 is 10.0 Å². The van der Waals surface area contributed by atoms with Crippen LogP contribution in [0.25, 0.3) is 0 Å². The normalized spacial score (nSPS) is 21.1. The van der Waals surface area contributed by atoms with Crippen LogP contribution >= 0.6 is 0 Å². The average Bonchev–Trinajstić information content (AvgIpc) is 3.08. The Morgan fingerprint density at radius 2 is 1.90 bits per heavy atom. The Kier molecular flexibility index (Phi) is 5.04. The van der Waals surface area contributed by atoms with Gasteiger partial charge in [0.15, 0.2) is 0 Å². The van der Waals surface area contributed by atoms with Crippen LogP contribution < -0.4 is 4.90 Å². The molecule has 0 spiro atoms. The van der Waals surface area contributed by atoms with E-state index in [1.54, 1.807) is 0 Å². The molecule has 2 heterocycles. The molecule has 5 heteroatoms. The highest BCUT2D eigenvalue weighted by Crippen LogP contribution is 2.33. The Labute approximate surface area is 127 Å². The molecule has 3 rings (SSSR count). The van der Waals surface area contributed by atoms with Gasteiger partial charge in [-0.2, -0.15) is 0 Å². The molecule has 0 amide bonds. The Morgan fingerprint density at radius 3 is 2.62 bits per heavy atom. The van der Waals surface area contributed by atoms with Gasteiger partial charge in [-0.05, 0) is 25.3 Å². The highest BCUT2D eigenvalue weighted by molar-refractivity contribution is 5.32. The van der Waals surface area contributed by atoms with E-state index >= 15 is 0 Å². The van der Waals surface area contributed by atoms with Crippen molar-refractivity contribution in [2.45, 2.75) is 38.0 Å². The molecule has 1 saturated carbocycles. The molecule has 2 aliphatic rings.